The van der Waals surface area contributed by atoms with Crippen LogP contribution < -0.4 is 11.5 Å². The molecule has 1 aromatic rings. The van der Waals surface area contributed by atoms with Gasteiger partial charge in [-0.3, -0.25) is 0 Å². The van der Waals surface area contributed by atoms with Gasteiger partial charge < -0.3 is 11.5 Å². The molecule has 0 heterocycles. The highest BCUT2D eigenvalue weighted by Crippen LogP contribution is 2.26. The van der Waals surface area contributed by atoms with E-state index in [9.17, 15) is 4.39 Å². The van der Waals surface area contributed by atoms with E-state index in [1.165, 1.54) is 0 Å². The van der Waals surface area contributed by atoms with Crippen molar-refractivity contribution in [1.82, 2.24) is 0 Å². The molecule has 0 unspecified atom stereocenters. The maximum absolute atomic E-state index is 13.8. The minimum atomic E-state index is -0.247. The number of unbranched alkanes of at least 4 members (excludes halogenated alkanes) is 1. The highest BCUT2D eigenvalue weighted by atomic mass is 79.9. The molecule has 0 aliphatic carbocycles. The van der Waals surface area contributed by atoms with Crippen LogP contribution in [0.2, 0.25) is 0 Å². The third kappa shape index (κ3) is 4.92. The second-order valence-corrected chi connectivity index (χ2v) is 4.93. The Morgan fingerprint density at radius 1 is 1.35 bits per heavy atom. The zero-order valence-corrected chi connectivity index (χ0v) is 12.3. The van der Waals surface area contributed by atoms with Gasteiger partial charge in [0.15, 0.2) is 0 Å². The van der Waals surface area contributed by atoms with Crippen LogP contribution in [0.25, 0.3) is 0 Å². The fraction of sp³-hybridized carbons (Fsp3) is 0.500. The molecule has 0 radical (unpaired) electrons. The lowest BCUT2D eigenvalue weighted by atomic mass is 9.99. The number of rotatable bonds is 5. The summed E-state index contributed by atoms with van der Waals surface area (Å²) in [7, 11) is 0. The number of benzene rings is 1. The van der Waals surface area contributed by atoms with Crippen molar-refractivity contribution in [3.8, 4) is 0 Å². The molecule has 4 N–H and O–H groups in total. The fourth-order valence-electron chi connectivity index (χ4n) is 1.69. The van der Waals surface area contributed by atoms with Gasteiger partial charge >= 0.3 is 0 Å². The maximum atomic E-state index is 13.8. The molecule has 98 valence electrons. The topological polar surface area (TPSA) is 52.0 Å². The molecule has 0 aliphatic rings. The van der Waals surface area contributed by atoms with E-state index in [-0.39, 0.29) is 24.3 Å². The third-order valence-electron chi connectivity index (χ3n) is 2.62. The second-order valence-electron chi connectivity index (χ2n) is 4.02. The molecule has 0 saturated heterocycles. The molecule has 1 rings (SSSR count). The SMILES string of the molecule is Cc1cc(Br)cc([C@H](N)CCCCN)c1F.Cl. The highest BCUT2D eigenvalue weighted by Gasteiger charge is 2.13. The summed E-state index contributed by atoms with van der Waals surface area (Å²) in [6, 6.07) is 3.27. The molecule has 1 aromatic carbocycles. The Balaban J connectivity index is 0.00000256. The van der Waals surface area contributed by atoms with Crippen molar-refractivity contribution in [1.29, 1.82) is 0 Å². The first kappa shape index (κ1) is 16.8. The first-order valence-corrected chi connectivity index (χ1v) is 6.26. The lowest BCUT2D eigenvalue weighted by Crippen LogP contribution is -2.13. The summed E-state index contributed by atoms with van der Waals surface area (Å²) in [6.07, 6.45) is 2.63. The number of hydrogen-bond donors (Lipinski definition) is 2. The Kier molecular flexibility index (Phi) is 7.96. The van der Waals surface area contributed by atoms with Gasteiger partial charge in [-0.25, -0.2) is 4.39 Å². The summed E-state index contributed by atoms with van der Waals surface area (Å²) in [6.45, 7) is 2.41. The molecule has 0 amide bonds. The van der Waals surface area contributed by atoms with Gasteiger partial charge in [0.1, 0.15) is 5.82 Å². The van der Waals surface area contributed by atoms with E-state index in [0.717, 1.165) is 23.7 Å². The van der Waals surface area contributed by atoms with Crippen LogP contribution in [0.4, 0.5) is 4.39 Å². The van der Waals surface area contributed by atoms with E-state index in [1.54, 1.807) is 19.1 Å². The predicted molar refractivity (Wildman–Crippen MR) is 75.9 cm³/mol. The smallest absolute Gasteiger partial charge is 0.130 e. The molecule has 0 spiro atoms. The Labute approximate surface area is 116 Å². The summed E-state index contributed by atoms with van der Waals surface area (Å²) in [5, 5.41) is 0. The molecule has 0 fully saturated rings. The van der Waals surface area contributed by atoms with Gasteiger partial charge in [-0.05, 0) is 44.0 Å². The predicted octanol–water partition coefficient (Wildman–Crippen LogP) is 3.45. The summed E-state index contributed by atoms with van der Waals surface area (Å²) >= 11 is 3.36. The average molecular weight is 326 g/mol. The number of hydrogen-bond acceptors (Lipinski definition) is 2. The first-order valence-electron chi connectivity index (χ1n) is 5.47. The van der Waals surface area contributed by atoms with Crippen LogP contribution in [-0.2, 0) is 0 Å². The van der Waals surface area contributed by atoms with Crippen molar-refractivity contribution in [2.45, 2.75) is 32.2 Å². The van der Waals surface area contributed by atoms with E-state index in [1.807, 2.05) is 0 Å². The molecule has 17 heavy (non-hydrogen) atoms. The average Bonchev–Trinajstić information content (AvgIpc) is 2.23. The molecule has 1 atom stereocenters. The van der Waals surface area contributed by atoms with E-state index < -0.39 is 0 Å². The van der Waals surface area contributed by atoms with Crippen LogP contribution in [0.5, 0.6) is 0 Å². The Morgan fingerprint density at radius 2 is 2.00 bits per heavy atom. The monoisotopic (exact) mass is 324 g/mol. The maximum Gasteiger partial charge on any atom is 0.130 e. The van der Waals surface area contributed by atoms with Crippen molar-refractivity contribution in [2.24, 2.45) is 11.5 Å². The van der Waals surface area contributed by atoms with E-state index in [0.29, 0.717) is 17.7 Å². The first-order chi connectivity index (χ1) is 7.56. The number of nitrogens with two attached hydrogens (primary N) is 2. The lowest BCUT2D eigenvalue weighted by molar-refractivity contribution is 0.538. The van der Waals surface area contributed by atoms with Crippen LogP contribution in [-0.4, -0.2) is 6.54 Å². The van der Waals surface area contributed by atoms with Gasteiger partial charge in [-0.2, -0.15) is 0 Å². The largest absolute Gasteiger partial charge is 0.330 e. The normalized spacial score (nSPS) is 12.1. The number of aryl methyl sites for hydroxylation is 1. The van der Waals surface area contributed by atoms with Gasteiger partial charge in [0.25, 0.3) is 0 Å². The molecular formula is C12H19BrClFN2. The zero-order chi connectivity index (χ0) is 12.1. The van der Waals surface area contributed by atoms with Gasteiger partial charge in [0.2, 0.25) is 0 Å². The van der Waals surface area contributed by atoms with Gasteiger partial charge in [-0.15, -0.1) is 12.4 Å². The summed E-state index contributed by atoms with van der Waals surface area (Å²) in [4.78, 5) is 0. The molecule has 0 saturated carbocycles. The summed E-state index contributed by atoms with van der Waals surface area (Å²) in [5.41, 5.74) is 12.6. The summed E-state index contributed by atoms with van der Waals surface area (Å²) in [5.74, 6) is -0.191. The zero-order valence-electron chi connectivity index (χ0n) is 9.88. The lowest BCUT2D eigenvalue weighted by Gasteiger charge is -2.14. The van der Waals surface area contributed by atoms with Crippen LogP contribution in [0.1, 0.15) is 36.4 Å². The fourth-order valence-corrected chi connectivity index (χ4v) is 2.28. The molecule has 5 heteroatoms. The molecule has 0 aliphatic heterocycles. The quantitative estimate of drug-likeness (QED) is 0.815. The van der Waals surface area contributed by atoms with E-state index in [2.05, 4.69) is 15.9 Å². The van der Waals surface area contributed by atoms with Crippen LogP contribution >= 0.6 is 28.3 Å². The van der Waals surface area contributed by atoms with Gasteiger partial charge in [-0.1, -0.05) is 22.4 Å². The Morgan fingerprint density at radius 3 is 2.59 bits per heavy atom. The molecule has 0 aromatic heterocycles. The van der Waals surface area contributed by atoms with Crippen molar-refractivity contribution >= 4 is 28.3 Å². The number of halogens is 3. The van der Waals surface area contributed by atoms with Gasteiger partial charge in [0, 0.05) is 16.1 Å². The molecular weight excluding hydrogens is 307 g/mol. The van der Waals surface area contributed by atoms with Crippen molar-refractivity contribution < 1.29 is 4.39 Å². The molecule has 2 nitrogen and oxygen atoms in total. The van der Waals surface area contributed by atoms with Crippen LogP contribution in [0.3, 0.4) is 0 Å². The van der Waals surface area contributed by atoms with Crippen molar-refractivity contribution in [3.05, 3.63) is 33.5 Å². The van der Waals surface area contributed by atoms with E-state index in [4.69, 9.17) is 11.5 Å². The van der Waals surface area contributed by atoms with Crippen LogP contribution in [0.15, 0.2) is 16.6 Å². The standard InChI is InChI=1S/C12H18BrFN2.ClH/c1-8-6-9(13)7-10(12(8)14)11(16)4-2-3-5-15;/h6-7,11H,2-5,15-16H2,1H3;1H/t11-;/m1./s1. The Hall–Kier alpha value is -0.160. The molecule has 0 bridgehead atoms. The minimum Gasteiger partial charge on any atom is -0.330 e. The second kappa shape index (κ2) is 8.03. The highest BCUT2D eigenvalue weighted by molar-refractivity contribution is 9.10. The minimum absolute atomic E-state index is 0. The van der Waals surface area contributed by atoms with Crippen molar-refractivity contribution in [3.63, 3.8) is 0 Å². The summed E-state index contributed by atoms with van der Waals surface area (Å²) < 4.78 is 14.7. The van der Waals surface area contributed by atoms with Crippen molar-refractivity contribution in [2.75, 3.05) is 6.54 Å². The Bertz CT molecular complexity index is 361. The van der Waals surface area contributed by atoms with Crippen LogP contribution in [0, 0.1) is 12.7 Å². The third-order valence-corrected chi connectivity index (χ3v) is 3.07. The van der Waals surface area contributed by atoms with E-state index >= 15 is 0 Å². The van der Waals surface area contributed by atoms with Gasteiger partial charge in [0.05, 0.1) is 0 Å².